The van der Waals surface area contributed by atoms with Crippen LogP contribution in [-0.4, -0.2) is 23.2 Å². The minimum absolute atomic E-state index is 0.242. The average Bonchev–Trinajstić information content (AvgIpc) is 2.63. The molecule has 0 atom stereocenters. The van der Waals surface area contributed by atoms with Crippen molar-refractivity contribution in [3.8, 4) is 11.4 Å². The maximum Gasteiger partial charge on any atom is 0.296 e. The fourth-order valence-corrected chi connectivity index (χ4v) is 2.55. The molecule has 0 bridgehead atoms. The smallest absolute Gasteiger partial charge is 0.296 e. The summed E-state index contributed by atoms with van der Waals surface area (Å²) in [4.78, 5) is 0. The van der Waals surface area contributed by atoms with E-state index in [9.17, 15) is 12.8 Å². The second kappa shape index (κ2) is 4.33. The summed E-state index contributed by atoms with van der Waals surface area (Å²) in [5.41, 5.74) is 1.22. The number of nitrogens with zero attached hydrogens (tertiary/aromatic N) is 3. The maximum absolute atomic E-state index is 13.2. The summed E-state index contributed by atoms with van der Waals surface area (Å²) in [7, 11) is 2.69. The maximum atomic E-state index is 13.2. The van der Waals surface area contributed by atoms with Crippen molar-refractivity contribution in [2.75, 3.05) is 0 Å². The minimum Gasteiger partial charge on any atom is -0.300 e. The number of halogens is 2. The van der Waals surface area contributed by atoms with Gasteiger partial charge < -0.3 is 0 Å². The Labute approximate surface area is 108 Å². The summed E-state index contributed by atoms with van der Waals surface area (Å²) in [6, 6.07) is 4.16. The third-order valence-corrected chi connectivity index (χ3v) is 3.70. The second-order valence-corrected chi connectivity index (χ2v) is 6.22. The topological polar surface area (TPSA) is 64.8 Å². The van der Waals surface area contributed by atoms with E-state index in [0.29, 0.717) is 5.56 Å². The number of benzene rings is 1. The molecule has 2 rings (SSSR count). The molecule has 8 heteroatoms. The summed E-state index contributed by atoms with van der Waals surface area (Å²) in [5, 5.41) is 6.87. The van der Waals surface area contributed by atoms with Crippen molar-refractivity contribution >= 4 is 19.7 Å². The number of aromatic nitrogens is 3. The molecule has 5 nitrogen and oxygen atoms in total. The fourth-order valence-electron chi connectivity index (χ4n) is 1.60. The number of aryl methyl sites for hydroxylation is 1. The van der Waals surface area contributed by atoms with E-state index < -0.39 is 14.9 Å². The van der Waals surface area contributed by atoms with Gasteiger partial charge in [-0.05, 0) is 24.6 Å². The Morgan fingerprint density at radius 1 is 1.33 bits per heavy atom. The number of hydrogen-bond acceptors (Lipinski definition) is 4. The predicted octanol–water partition coefficient (Wildman–Crippen LogP) is 1.86. The molecule has 1 heterocycles. The van der Waals surface area contributed by atoms with E-state index in [2.05, 4.69) is 10.2 Å². The highest BCUT2D eigenvalue weighted by Gasteiger charge is 2.21. The predicted molar refractivity (Wildman–Crippen MR) is 64.2 cm³/mol. The van der Waals surface area contributed by atoms with Gasteiger partial charge in [0.15, 0.2) is 5.82 Å². The molecule has 0 aliphatic carbocycles. The summed E-state index contributed by atoms with van der Waals surface area (Å²) in [6.45, 7) is 1.76. The van der Waals surface area contributed by atoms with Crippen molar-refractivity contribution in [2.45, 2.75) is 12.1 Å². The molecule has 0 saturated heterocycles. The van der Waals surface area contributed by atoms with Gasteiger partial charge >= 0.3 is 0 Å². The Kier molecular flexibility index (Phi) is 3.12. The van der Waals surface area contributed by atoms with E-state index in [0.717, 1.165) is 5.56 Å². The van der Waals surface area contributed by atoms with Crippen LogP contribution in [0.4, 0.5) is 4.39 Å². The van der Waals surface area contributed by atoms with E-state index in [4.69, 9.17) is 10.7 Å². The lowest BCUT2D eigenvalue weighted by Crippen LogP contribution is -2.03. The van der Waals surface area contributed by atoms with Gasteiger partial charge in [-0.25, -0.2) is 12.8 Å². The van der Waals surface area contributed by atoms with E-state index in [-0.39, 0.29) is 11.0 Å². The zero-order chi connectivity index (χ0) is 13.5. The van der Waals surface area contributed by atoms with Crippen molar-refractivity contribution in [1.82, 2.24) is 14.8 Å². The first-order chi connectivity index (χ1) is 8.30. The first kappa shape index (κ1) is 13.0. The number of rotatable bonds is 2. The molecule has 0 radical (unpaired) electrons. The van der Waals surface area contributed by atoms with Crippen LogP contribution in [0.2, 0.25) is 0 Å². The average molecular weight is 290 g/mol. The molecule has 18 heavy (non-hydrogen) atoms. The zero-order valence-electron chi connectivity index (χ0n) is 9.55. The van der Waals surface area contributed by atoms with Crippen molar-refractivity contribution < 1.29 is 12.8 Å². The van der Waals surface area contributed by atoms with Gasteiger partial charge in [-0.2, -0.15) is 0 Å². The van der Waals surface area contributed by atoms with Gasteiger partial charge in [-0.1, -0.05) is 6.07 Å². The van der Waals surface area contributed by atoms with Gasteiger partial charge in [0.05, 0.1) is 0 Å². The SMILES string of the molecule is Cc1ccc(F)cc1-c1nnc(S(=O)(=O)Cl)n1C. The Bertz CT molecular complexity index is 712. The lowest BCUT2D eigenvalue weighted by molar-refractivity contribution is 0.593. The summed E-state index contributed by atoms with van der Waals surface area (Å²) in [5.74, 6) is -0.194. The molecule has 1 aromatic heterocycles. The molecule has 96 valence electrons. The molecule has 0 fully saturated rings. The van der Waals surface area contributed by atoms with E-state index >= 15 is 0 Å². The van der Waals surface area contributed by atoms with Crippen molar-refractivity contribution in [3.63, 3.8) is 0 Å². The van der Waals surface area contributed by atoms with Crippen molar-refractivity contribution in [2.24, 2.45) is 7.05 Å². The molecular formula is C10H9ClFN3O2S. The third-order valence-electron chi connectivity index (χ3n) is 2.49. The Morgan fingerprint density at radius 2 is 2.00 bits per heavy atom. The largest absolute Gasteiger partial charge is 0.300 e. The van der Waals surface area contributed by atoms with E-state index in [1.807, 2.05) is 0 Å². The zero-order valence-corrected chi connectivity index (χ0v) is 11.1. The number of hydrogen-bond donors (Lipinski definition) is 0. The van der Waals surface area contributed by atoms with Gasteiger partial charge in [-0.3, -0.25) is 4.57 Å². The van der Waals surface area contributed by atoms with Crippen LogP contribution >= 0.6 is 10.7 Å². The van der Waals surface area contributed by atoms with Crippen LogP contribution in [-0.2, 0) is 16.1 Å². The standard InChI is InChI=1S/C10H9ClFN3O2S/c1-6-3-4-7(12)5-8(6)9-13-14-10(15(9)2)18(11,16)17/h3-5H,1-2H3. The highest BCUT2D eigenvalue weighted by Crippen LogP contribution is 2.24. The molecular weight excluding hydrogens is 281 g/mol. The molecule has 2 aromatic rings. The summed E-state index contributed by atoms with van der Waals surface area (Å²) < 4.78 is 36.9. The molecule has 0 amide bonds. The fraction of sp³-hybridized carbons (Fsp3) is 0.200. The highest BCUT2D eigenvalue weighted by molar-refractivity contribution is 8.13. The quantitative estimate of drug-likeness (QED) is 0.792. The lowest BCUT2D eigenvalue weighted by Gasteiger charge is -2.05. The molecule has 1 aromatic carbocycles. The van der Waals surface area contributed by atoms with Crippen LogP contribution in [0.15, 0.2) is 23.4 Å². The van der Waals surface area contributed by atoms with Crippen LogP contribution in [0.5, 0.6) is 0 Å². The van der Waals surface area contributed by atoms with Gasteiger partial charge in [0.25, 0.3) is 14.2 Å². The van der Waals surface area contributed by atoms with Crippen LogP contribution in [0.3, 0.4) is 0 Å². The second-order valence-electron chi connectivity index (χ2n) is 3.76. The first-order valence-electron chi connectivity index (χ1n) is 4.91. The van der Waals surface area contributed by atoms with Gasteiger partial charge in [0.1, 0.15) is 5.82 Å². The Balaban J connectivity index is 2.67. The normalized spacial score (nSPS) is 11.8. The monoisotopic (exact) mass is 289 g/mol. The molecule has 0 aliphatic rings. The van der Waals surface area contributed by atoms with Gasteiger partial charge in [0, 0.05) is 23.3 Å². The van der Waals surface area contributed by atoms with Gasteiger partial charge in [-0.15, -0.1) is 10.2 Å². The van der Waals surface area contributed by atoms with E-state index in [1.54, 1.807) is 13.0 Å². The summed E-state index contributed by atoms with van der Waals surface area (Å²) in [6.07, 6.45) is 0. The first-order valence-corrected chi connectivity index (χ1v) is 7.22. The Hall–Kier alpha value is -1.47. The molecule has 0 saturated carbocycles. The van der Waals surface area contributed by atoms with E-state index in [1.165, 1.54) is 23.7 Å². The highest BCUT2D eigenvalue weighted by atomic mass is 35.7. The van der Waals surface area contributed by atoms with Crippen LogP contribution in [0, 0.1) is 12.7 Å². The Morgan fingerprint density at radius 3 is 2.56 bits per heavy atom. The van der Waals surface area contributed by atoms with Crippen molar-refractivity contribution in [1.29, 1.82) is 0 Å². The molecule has 0 aliphatic heterocycles. The third kappa shape index (κ3) is 2.23. The van der Waals surface area contributed by atoms with Crippen LogP contribution in [0.1, 0.15) is 5.56 Å². The van der Waals surface area contributed by atoms with Gasteiger partial charge in [0.2, 0.25) is 0 Å². The van der Waals surface area contributed by atoms with Crippen molar-refractivity contribution in [3.05, 3.63) is 29.6 Å². The summed E-state index contributed by atoms with van der Waals surface area (Å²) >= 11 is 0. The van der Waals surface area contributed by atoms with Crippen LogP contribution < -0.4 is 0 Å². The molecule has 0 N–H and O–H groups in total. The molecule has 0 unspecified atom stereocenters. The molecule has 0 spiro atoms. The minimum atomic E-state index is -3.98. The van der Waals surface area contributed by atoms with Crippen LogP contribution in [0.25, 0.3) is 11.4 Å². The lowest BCUT2D eigenvalue weighted by atomic mass is 10.1.